The average Bonchev–Trinajstić information content (AvgIpc) is 2.47. The average molecular weight is 266 g/mol. The Morgan fingerprint density at radius 3 is 2.58 bits per heavy atom. The second-order valence-corrected chi connectivity index (χ2v) is 7.67. The normalized spacial score (nSPS) is 30.2. The maximum absolute atomic E-state index is 12.1. The summed E-state index contributed by atoms with van der Waals surface area (Å²) in [5, 5.41) is 10.4. The first-order valence-corrected chi connectivity index (χ1v) is 7.22. The summed E-state index contributed by atoms with van der Waals surface area (Å²) in [5.74, 6) is -0.197. The molecule has 0 spiro atoms. The number of ether oxygens (including phenoxy) is 1. The molecular formula is C16H26O3. The van der Waals surface area contributed by atoms with Crippen LogP contribution in [0.15, 0.2) is 11.1 Å². The molecule has 0 saturated carbocycles. The van der Waals surface area contributed by atoms with E-state index >= 15 is 0 Å². The van der Waals surface area contributed by atoms with Gasteiger partial charge >= 0.3 is 5.97 Å². The number of aliphatic hydroxyl groups excluding tert-OH is 1. The van der Waals surface area contributed by atoms with Gasteiger partial charge in [0.2, 0.25) is 0 Å². The molecule has 0 radical (unpaired) electrons. The third kappa shape index (κ3) is 3.02. The minimum atomic E-state index is -0.431. The van der Waals surface area contributed by atoms with E-state index in [0.717, 1.165) is 24.8 Å². The van der Waals surface area contributed by atoms with Crippen LogP contribution < -0.4 is 0 Å². The number of rotatable bonds is 1. The van der Waals surface area contributed by atoms with Crippen molar-refractivity contribution in [3.63, 3.8) is 0 Å². The standard InChI is InChI=1S/C16H26O3/c1-15(2,3)19-14(18)10-6-7-11-9-16(4,5)13(17)12(11)8-10/h10,13,17H,6-9H2,1-5H3/t10-,13?/m1/s1. The fourth-order valence-corrected chi connectivity index (χ4v) is 3.23. The van der Waals surface area contributed by atoms with E-state index in [2.05, 4.69) is 13.8 Å². The van der Waals surface area contributed by atoms with E-state index in [9.17, 15) is 9.90 Å². The highest BCUT2D eigenvalue weighted by molar-refractivity contribution is 5.73. The lowest BCUT2D eigenvalue weighted by molar-refractivity contribution is -0.160. The van der Waals surface area contributed by atoms with Gasteiger partial charge in [0.05, 0.1) is 12.0 Å². The minimum absolute atomic E-state index is 0.0759. The monoisotopic (exact) mass is 266 g/mol. The van der Waals surface area contributed by atoms with Crippen molar-refractivity contribution in [2.75, 3.05) is 0 Å². The van der Waals surface area contributed by atoms with E-state index in [0.29, 0.717) is 6.42 Å². The molecule has 0 aliphatic heterocycles. The smallest absolute Gasteiger partial charge is 0.309 e. The Balaban J connectivity index is 2.06. The van der Waals surface area contributed by atoms with E-state index in [-0.39, 0.29) is 17.3 Å². The van der Waals surface area contributed by atoms with Crippen LogP contribution in [0.3, 0.4) is 0 Å². The van der Waals surface area contributed by atoms with Gasteiger partial charge in [-0.05, 0) is 57.4 Å². The highest BCUT2D eigenvalue weighted by atomic mass is 16.6. The first-order chi connectivity index (χ1) is 8.60. The SMILES string of the molecule is CC(C)(C)OC(=O)[C@@H]1CCC2=C(C1)C(O)C(C)(C)C2. The van der Waals surface area contributed by atoms with Crippen molar-refractivity contribution >= 4 is 5.97 Å². The topological polar surface area (TPSA) is 46.5 Å². The van der Waals surface area contributed by atoms with E-state index in [1.807, 2.05) is 20.8 Å². The summed E-state index contributed by atoms with van der Waals surface area (Å²) in [4.78, 5) is 12.1. The van der Waals surface area contributed by atoms with E-state index in [1.54, 1.807) is 0 Å². The van der Waals surface area contributed by atoms with Crippen molar-refractivity contribution in [3.8, 4) is 0 Å². The molecule has 0 amide bonds. The van der Waals surface area contributed by atoms with Crippen molar-refractivity contribution in [1.29, 1.82) is 0 Å². The van der Waals surface area contributed by atoms with Gasteiger partial charge in [-0.2, -0.15) is 0 Å². The van der Waals surface area contributed by atoms with Crippen molar-refractivity contribution in [1.82, 2.24) is 0 Å². The van der Waals surface area contributed by atoms with Gasteiger partial charge in [-0.15, -0.1) is 0 Å². The van der Waals surface area contributed by atoms with Crippen molar-refractivity contribution in [2.24, 2.45) is 11.3 Å². The van der Waals surface area contributed by atoms with Crippen LogP contribution in [0.25, 0.3) is 0 Å². The van der Waals surface area contributed by atoms with Gasteiger partial charge in [0.15, 0.2) is 0 Å². The fraction of sp³-hybridized carbons (Fsp3) is 0.812. The molecule has 1 N–H and O–H groups in total. The van der Waals surface area contributed by atoms with E-state index in [4.69, 9.17) is 4.74 Å². The molecule has 0 aromatic carbocycles. The van der Waals surface area contributed by atoms with Crippen LogP contribution in [0.1, 0.15) is 60.3 Å². The number of esters is 1. The number of hydrogen-bond acceptors (Lipinski definition) is 3. The first-order valence-electron chi connectivity index (χ1n) is 7.22. The summed E-state index contributed by atoms with van der Waals surface area (Å²) >= 11 is 0. The second-order valence-electron chi connectivity index (χ2n) is 7.67. The molecule has 0 bridgehead atoms. The number of hydrogen-bond donors (Lipinski definition) is 1. The van der Waals surface area contributed by atoms with Crippen LogP contribution in [-0.4, -0.2) is 22.8 Å². The Morgan fingerprint density at radius 1 is 1.37 bits per heavy atom. The summed E-state index contributed by atoms with van der Waals surface area (Å²) in [6.07, 6.45) is 3.03. The molecule has 1 unspecified atom stereocenters. The highest BCUT2D eigenvalue weighted by Crippen LogP contribution is 2.48. The lowest BCUT2D eigenvalue weighted by atomic mass is 9.83. The molecule has 0 heterocycles. The molecule has 108 valence electrons. The van der Waals surface area contributed by atoms with Gasteiger partial charge in [0, 0.05) is 0 Å². The van der Waals surface area contributed by atoms with Gasteiger partial charge in [-0.3, -0.25) is 4.79 Å². The molecule has 2 aliphatic carbocycles. The maximum Gasteiger partial charge on any atom is 0.309 e. The summed E-state index contributed by atoms with van der Waals surface area (Å²) in [5.41, 5.74) is 1.97. The third-order valence-corrected chi connectivity index (χ3v) is 4.19. The van der Waals surface area contributed by atoms with Gasteiger partial charge in [-0.25, -0.2) is 0 Å². The van der Waals surface area contributed by atoms with Crippen LogP contribution in [0.4, 0.5) is 0 Å². The Kier molecular flexibility index (Phi) is 3.54. The Morgan fingerprint density at radius 2 is 2.00 bits per heavy atom. The quantitative estimate of drug-likeness (QED) is 0.585. The number of carbonyl (C=O) groups excluding carboxylic acids is 1. The summed E-state index contributed by atoms with van der Waals surface area (Å²) in [6.45, 7) is 9.88. The molecule has 3 heteroatoms. The van der Waals surface area contributed by atoms with Gasteiger partial charge < -0.3 is 9.84 Å². The van der Waals surface area contributed by atoms with E-state index < -0.39 is 11.7 Å². The van der Waals surface area contributed by atoms with Crippen LogP contribution >= 0.6 is 0 Å². The highest BCUT2D eigenvalue weighted by Gasteiger charge is 2.43. The molecule has 0 fully saturated rings. The number of carbonyl (C=O) groups is 1. The Labute approximate surface area is 116 Å². The van der Waals surface area contributed by atoms with E-state index in [1.165, 1.54) is 5.57 Å². The van der Waals surface area contributed by atoms with Crippen molar-refractivity contribution in [2.45, 2.75) is 72.0 Å². The Hall–Kier alpha value is -0.830. The summed E-state index contributed by atoms with van der Waals surface area (Å²) in [6, 6.07) is 0. The van der Waals surface area contributed by atoms with Crippen LogP contribution in [0, 0.1) is 11.3 Å². The van der Waals surface area contributed by atoms with Crippen LogP contribution in [0.5, 0.6) is 0 Å². The molecule has 0 aromatic heterocycles. The zero-order valence-corrected chi connectivity index (χ0v) is 12.7. The first kappa shape index (κ1) is 14.6. The predicted molar refractivity (Wildman–Crippen MR) is 74.6 cm³/mol. The van der Waals surface area contributed by atoms with Crippen molar-refractivity contribution in [3.05, 3.63) is 11.1 Å². The number of allylic oxidation sites excluding steroid dienone is 1. The predicted octanol–water partition coefficient (Wildman–Crippen LogP) is 3.22. The molecule has 2 atom stereocenters. The van der Waals surface area contributed by atoms with Gasteiger partial charge in [-0.1, -0.05) is 19.4 Å². The third-order valence-electron chi connectivity index (χ3n) is 4.19. The zero-order valence-electron chi connectivity index (χ0n) is 12.7. The summed E-state index contributed by atoms with van der Waals surface area (Å²) in [7, 11) is 0. The van der Waals surface area contributed by atoms with Crippen molar-refractivity contribution < 1.29 is 14.6 Å². The molecule has 3 nitrogen and oxygen atoms in total. The lowest BCUT2D eigenvalue weighted by Gasteiger charge is -2.28. The fourth-order valence-electron chi connectivity index (χ4n) is 3.23. The molecular weight excluding hydrogens is 240 g/mol. The number of aliphatic hydroxyl groups is 1. The Bertz CT molecular complexity index is 412. The molecule has 0 saturated heterocycles. The molecule has 19 heavy (non-hydrogen) atoms. The summed E-state index contributed by atoms with van der Waals surface area (Å²) < 4.78 is 5.47. The van der Waals surface area contributed by atoms with Gasteiger partial charge in [0.25, 0.3) is 0 Å². The van der Waals surface area contributed by atoms with Gasteiger partial charge in [0.1, 0.15) is 5.60 Å². The largest absolute Gasteiger partial charge is 0.460 e. The molecule has 0 aromatic rings. The molecule has 2 rings (SSSR count). The van der Waals surface area contributed by atoms with Crippen LogP contribution in [0.2, 0.25) is 0 Å². The molecule has 2 aliphatic rings. The maximum atomic E-state index is 12.1. The zero-order chi connectivity index (χ0) is 14.4. The second kappa shape index (κ2) is 4.62. The minimum Gasteiger partial charge on any atom is -0.460 e. The van der Waals surface area contributed by atoms with Crippen LogP contribution in [-0.2, 0) is 9.53 Å². The lowest BCUT2D eigenvalue weighted by Crippen LogP contribution is -2.32.